The summed E-state index contributed by atoms with van der Waals surface area (Å²) in [7, 11) is 0. The number of hydrogen-bond donors (Lipinski definition) is 2. The second-order valence-corrected chi connectivity index (χ2v) is 3.15. The lowest BCUT2D eigenvalue weighted by atomic mass is 10.3. The van der Waals surface area contributed by atoms with Crippen molar-refractivity contribution in [1.29, 1.82) is 0 Å². The highest BCUT2D eigenvalue weighted by Gasteiger charge is 2.07. The Morgan fingerprint density at radius 3 is 2.57 bits per heavy atom. The molecule has 1 rings (SSSR count). The van der Waals surface area contributed by atoms with E-state index in [2.05, 4.69) is 11.6 Å². The van der Waals surface area contributed by atoms with Crippen LogP contribution in [0.15, 0.2) is 17.4 Å². The molecule has 0 unspecified atom stereocenters. The predicted molar refractivity (Wildman–Crippen MR) is 62.7 cm³/mol. The first-order valence-electron chi connectivity index (χ1n) is 4.40. The summed E-state index contributed by atoms with van der Waals surface area (Å²) in [4.78, 5) is 13.9. The van der Waals surface area contributed by atoms with Gasteiger partial charge in [-0.25, -0.2) is 0 Å². The number of nitrogens with one attached hydrogen (secondary N) is 1. The van der Waals surface area contributed by atoms with Crippen molar-refractivity contribution in [2.24, 2.45) is 0 Å². The summed E-state index contributed by atoms with van der Waals surface area (Å²) in [5.74, 6) is 0.0725. The SMILES string of the molecule is C=Cc1sc(=O)[nH]c1/C(O)=C\C.CC. The molecule has 0 saturated carbocycles. The predicted octanol–water partition coefficient (Wildman–Crippen LogP) is 3.02. The van der Waals surface area contributed by atoms with Gasteiger partial charge in [0.05, 0.1) is 4.88 Å². The van der Waals surface area contributed by atoms with E-state index in [0.717, 1.165) is 11.3 Å². The van der Waals surface area contributed by atoms with Gasteiger partial charge in [0.25, 0.3) is 0 Å². The molecule has 0 saturated heterocycles. The van der Waals surface area contributed by atoms with E-state index >= 15 is 0 Å². The van der Waals surface area contributed by atoms with Crippen molar-refractivity contribution >= 4 is 23.2 Å². The summed E-state index contributed by atoms with van der Waals surface area (Å²) in [5.41, 5.74) is 0.447. The summed E-state index contributed by atoms with van der Waals surface area (Å²) in [5, 5.41) is 9.30. The zero-order chi connectivity index (χ0) is 11.1. The molecular formula is C10H15NO2S. The van der Waals surface area contributed by atoms with Crippen molar-refractivity contribution in [3.63, 3.8) is 0 Å². The Bertz CT molecular complexity index is 374. The first kappa shape index (κ1) is 12.7. The molecule has 4 heteroatoms. The molecule has 0 spiro atoms. The summed E-state index contributed by atoms with van der Waals surface area (Å²) in [6, 6.07) is 0. The molecule has 1 aromatic heterocycles. The second-order valence-electron chi connectivity index (χ2n) is 2.13. The van der Waals surface area contributed by atoms with Crippen LogP contribution >= 0.6 is 11.3 Å². The fourth-order valence-electron chi connectivity index (χ4n) is 0.818. The number of aliphatic hydroxyl groups is 1. The minimum atomic E-state index is -0.187. The number of thiazole rings is 1. The normalized spacial score (nSPS) is 10.4. The van der Waals surface area contributed by atoms with Crippen LogP contribution in [0.1, 0.15) is 31.3 Å². The third kappa shape index (κ3) is 2.88. The Balaban J connectivity index is 0.000000791. The molecule has 14 heavy (non-hydrogen) atoms. The number of H-pyrrole nitrogens is 1. The third-order valence-electron chi connectivity index (χ3n) is 1.39. The molecule has 0 amide bonds. The van der Waals surface area contributed by atoms with Crippen LogP contribution in [-0.4, -0.2) is 10.1 Å². The van der Waals surface area contributed by atoms with E-state index < -0.39 is 0 Å². The van der Waals surface area contributed by atoms with Gasteiger partial charge in [0, 0.05) is 0 Å². The second kappa shape index (κ2) is 6.21. The minimum absolute atomic E-state index is 0.0725. The van der Waals surface area contributed by atoms with Crippen molar-refractivity contribution < 1.29 is 5.11 Å². The van der Waals surface area contributed by atoms with E-state index in [0.29, 0.717) is 10.6 Å². The van der Waals surface area contributed by atoms with Gasteiger partial charge in [-0.1, -0.05) is 31.8 Å². The van der Waals surface area contributed by atoms with Crippen molar-refractivity contribution in [2.75, 3.05) is 0 Å². The van der Waals surface area contributed by atoms with E-state index in [1.165, 1.54) is 12.2 Å². The third-order valence-corrected chi connectivity index (χ3v) is 2.27. The number of aromatic amines is 1. The zero-order valence-corrected chi connectivity index (χ0v) is 9.44. The molecule has 1 heterocycles. The highest BCUT2D eigenvalue weighted by Crippen LogP contribution is 2.17. The Morgan fingerprint density at radius 2 is 2.14 bits per heavy atom. The van der Waals surface area contributed by atoms with Gasteiger partial charge in [0.15, 0.2) is 0 Å². The molecule has 0 bridgehead atoms. The maximum Gasteiger partial charge on any atom is 0.305 e. The lowest BCUT2D eigenvalue weighted by Gasteiger charge is -1.94. The summed E-state index contributed by atoms with van der Waals surface area (Å²) < 4.78 is 0. The summed E-state index contributed by atoms with van der Waals surface area (Å²) in [6.45, 7) is 9.23. The van der Waals surface area contributed by atoms with Gasteiger partial charge in [-0.3, -0.25) is 4.79 Å². The molecule has 78 valence electrons. The van der Waals surface area contributed by atoms with Crippen LogP contribution in [-0.2, 0) is 0 Å². The molecule has 3 nitrogen and oxygen atoms in total. The van der Waals surface area contributed by atoms with Crippen LogP contribution in [0, 0.1) is 0 Å². The van der Waals surface area contributed by atoms with Crippen LogP contribution < -0.4 is 4.87 Å². The van der Waals surface area contributed by atoms with Gasteiger partial charge in [0.2, 0.25) is 0 Å². The monoisotopic (exact) mass is 213 g/mol. The van der Waals surface area contributed by atoms with Crippen LogP contribution in [0.3, 0.4) is 0 Å². The Labute approximate surface area is 87.4 Å². The smallest absolute Gasteiger partial charge is 0.305 e. The van der Waals surface area contributed by atoms with Gasteiger partial charge in [-0.2, -0.15) is 0 Å². The molecule has 2 N–H and O–H groups in total. The highest BCUT2D eigenvalue weighted by atomic mass is 32.1. The number of rotatable bonds is 2. The van der Waals surface area contributed by atoms with Crippen molar-refractivity contribution in [2.45, 2.75) is 20.8 Å². The quantitative estimate of drug-likeness (QED) is 0.742. The van der Waals surface area contributed by atoms with Crippen LogP contribution in [0.25, 0.3) is 11.8 Å². The van der Waals surface area contributed by atoms with Gasteiger partial charge in [0.1, 0.15) is 11.5 Å². The first-order chi connectivity index (χ1) is 6.69. The van der Waals surface area contributed by atoms with Gasteiger partial charge in [-0.15, -0.1) is 0 Å². The molecular weight excluding hydrogens is 198 g/mol. The van der Waals surface area contributed by atoms with Crippen molar-refractivity contribution in [3.8, 4) is 0 Å². The minimum Gasteiger partial charge on any atom is -0.506 e. The molecule has 0 aliphatic rings. The number of hydrogen-bond acceptors (Lipinski definition) is 3. The summed E-state index contributed by atoms with van der Waals surface area (Å²) >= 11 is 1.03. The van der Waals surface area contributed by atoms with E-state index in [-0.39, 0.29) is 10.6 Å². The lowest BCUT2D eigenvalue weighted by molar-refractivity contribution is 0.508. The van der Waals surface area contributed by atoms with Gasteiger partial charge in [-0.05, 0) is 19.1 Å². The maximum atomic E-state index is 10.9. The average molecular weight is 213 g/mol. The van der Waals surface area contributed by atoms with Gasteiger partial charge < -0.3 is 10.1 Å². The fraction of sp³-hybridized carbons (Fsp3) is 0.300. The number of allylic oxidation sites excluding steroid dienone is 1. The first-order valence-corrected chi connectivity index (χ1v) is 5.22. The van der Waals surface area contributed by atoms with Crippen molar-refractivity contribution in [3.05, 3.63) is 32.9 Å². The van der Waals surface area contributed by atoms with Crippen LogP contribution in [0.4, 0.5) is 0 Å². The average Bonchev–Trinajstić information content (AvgIpc) is 2.61. The highest BCUT2D eigenvalue weighted by molar-refractivity contribution is 7.10. The van der Waals surface area contributed by atoms with E-state index in [1.807, 2.05) is 13.8 Å². The number of aromatic nitrogens is 1. The van der Waals surface area contributed by atoms with E-state index in [9.17, 15) is 9.90 Å². The molecule has 0 aliphatic carbocycles. The zero-order valence-electron chi connectivity index (χ0n) is 8.63. The van der Waals surface area contributed by atoms with Gasteiger partial charge >= 0.3 is 4.87 Å². The van der Waals surface area contributed by atoms with Crippen molar-refractivity contribution in [1.82, 2.24) is 4.98 Å². The molecule has 0 aliphatic heterocycles. The Hall–Kier alpha value is -1.29. The Kier molecular flexibility index (Phi) is 5.64. The molecule has 0 aromatic carbocycles. The standard InChI is InChI=1S/C8H9NO2S.C2H6/c1-3-5(10)7-6(4-2)12-8(11)9-7;1-2/h3-4,10H,2H2,1H3,(H,9,11);1-2H3/b5-3+;. The topological polar surface area (TPSA) is 53.1 Å². The van der Waals surface area contributed by atoms with E-state index in [4.69, 9.17) is 0 Å². The maximum absolute atomic E-state index is 10.9. The fourth-order valence-corrected chi connectivity index (χ4v) is 1.51. The lowest BCUT2D eigenvalue weighted by Crippen LogP contribution is -1.94. The van der Waals surface area contributed by atoms with Crippen LogP contribution in [0.2, 0.25) is 0 Å². The van der Waals surface area contributed by atoms with E-state index in [1.54, 1.807) is 6.92 Å². The molecule has 0 atom stereocenters. The number of aliphatic hydroxyl groups excluding tert-OH is 1. The van der Waals surface area contributed by atoms with Crippen LogP contribution in [0.5, 0.6) is 0 Å². The molecule has 1 aromatic rings. The largest absolute Gasteiger partial charge is 0.506 e. The summed E-state index contributed by atoms with van der Waals surface area (Å²) in [6.07, 6.45) is 3.06. The molecule has 0 radical (unpaired) electrons. The molecule has 0 fully saturated rings. The Morgan fingerprint density at radius 1 is 1.57 bits per heavy atom.